The molecule has 1 aromatic carbocycles. The van der Waals surface area contributed by atoms with E-state index in [0.29, 0.717) is 12.3 Å². The monoisotopic (exact) mass is 291 g/mol. The molecule has 1 rings (SSSR count). The molecule has 116 valence electrons. The van der Waals surface area contributed by atoms with Crippen LogP contribution in [0.25, 0.3) is 0 Å². The molecule has 0 spiro atoms. The number of benzene rings is 1. The van der Waals surface area contributed by atoms with Gasteiger partial charge in [-0.25, -0.2) is 4.79 Å². The van der Waals surface area contributed by atoms with E-state index >= 15 is 0 Å². The molecular formula is C17H25NO3. The van der Waals surface area contributed by atoms with Gasteiger partial charge in [0.1, 0.15) is 6.04 Å². The van der Waals surface area contributed by atoms with E-state index in [2.05, 4.69) is 19.2 Å². The summed E-state index contributed by atoms with van der Waals surface area (Å²) in [6, 6.07) is 8.48. The summed E-state index contributed by atoms with van der Waals surface area (Å²) >= 11 is 0. The Bertz CT molecular complexity index is 456. The molecule has 4 heteroatoms. The highest BCUT2D eigenvalue weighted by Crippen LogP contribution is 2.16. The van der Waals surface area contributed by atoms with Crippen molar-refractivity contribution in [2.45, 2.75) is 46.1 Å². The number of nitrogens with one attached hydrogen (secondary N) is 1. The number of carboxylic acid groups (broad SMARTS) is 1. The van der Waals surface area contributed by atoms with Gasteiger partial charge in [0.25, 0.3) is 0 Å². The molecule has 0 heterocycles. The van der Waals surface area contributed by atoms with Gasteiger partial charge in [0.05, 0.1) is 0 Å². The molecule has 0 saturated carbocycles. The summed E-state index contributed by atoms with van der Waals surface area (Å²) in [4.78, 5) is 23.6. The molecule has 0 aliphatic heterocycles. The largest absolute Gasteiger partial charge is 0.480 e. The standard InChI is InChI=1S/C17H25NO3/c1-4-14(10-12(2)3)16(19)18-15(17(20)21)11-13-8-6-5-7-9-13/h5-9,12,14-15H,4,10-11H2,1-3H3,(H,18,19)(H,20,21)/t14?,15-/m0/s1. The van der Waals surface area contributed by atoms with Gasteiger partial charge in [-0.05, 0) is 24.3 Å². The lowest BCUT2D eigenvalue weighted by molar-refractivity contribution is -0.142. The molecule has 0 bridgehead atoms. The van der Waals surface area contributed by atoms with E-state index in [9.17, 15) is 14.7 Å². The number of carbonyl (C=O) groups is 2. The van der Waals surface area contributed by atoms with E-state index in [0.717, 1.165) is 18.4 Å². The fourth-order valence-electron chi connectivity index (χ4n) is 2.37. The molecule has 0 radical (unpaired) electrons. The van der Waals surface area contributed by atoms with Crippen molar-refractivity contribution in [2.75, 3.05) is 0 Å². The second kappa shape index (κ2) is 8.45. The predicted molar refractivity (Wildman–Crippen MR) is 82.9 cm³/mol. The number of hydrogen-bond donors (Lipinski definition) is 2. The van der Waals surface area contributed by atoms with Crippen LogP contribution in [0.1, 0.15) is 39.2 Å². The molecule has 2 atom stereocenters. The molecular weight excluding hydrogens is 266 g/mol. The van der Waals surface area contributed by atoms with E-state index in [4.69, 9.17) is 0 Å². The fraction of sp³-hybridized carbons (Fsp3) is 0.529. The third kappa shape index (κ3) is 5.98. The molecule has 4 nitrogen and oxygen atoms in total. The zero-order valence-corrected chi connectivity index (χ0v) is 13.0. The van der Waals surface area contributed by atoms with Gasteiger partial charge in [-0.3, -0.25) is 4.79 Å². The Hall–Kier alpha value is -1.84. The van der Waals surface area contributed by atoms with Gasteiger partial charge < -0.3 is 10.4 Å². The van der Waals surface area contributed by atoms with Gasteiger partial charge >= 0.3 is 5.97 Å². The summed E-state index contributed by atoms with van der Waals surface area (Å²) in [6.07, 6.45) is 1.81. The maximum atomic E-state index is 12.2. The Balaban J connectivity index is 2.69. The van der Waals surface area contributed by atoms with E-state index in [1.165, 1.54) is 0 Å². The highest BCUT2D eigenvalue weighted by atomic mass is 16.4. The molecule has 1 unspecified atom stereocenters. The van der Waals surface area contributed by atoms with Crippen molar-refractivity contribution in [3.05, 3.63) is 35.9 Å². The summed E-state index contributed by atoms with van der Waals surface area (Å²) < 4.78 is 0. The van der Waals surface area contributed by atoms with Gasteiger partial charge in [0.2, 0.25) is 5.91 Å². The summed E-state index contributed by atoms with van der Waals surface area (Å²) in [5, 5.41) is 12.0. The van der Waals surface area contributed by atoms with Crippen molar-refractivity contribution < 1.29 is 14.7 Å². The number of hydrogen-bond acceptors (Lipinski definition) is 2. The smallest absolute Gasteiger partial charge is 0.326 e. The van der Waals surface area contributed by atoms with Crippen LogP contribution >= 0.6 is 0 Å². The second-order valence-electron chi connectivity index (χ2n) is 5.82. The van der Waals surface area contributed by atoms with Gasteiger partial charge in [0.15, 0.2) is 0 Å². The van der Waals surface area contributed by atoms with Gasteiger partial charge in [-0.2, -0.15) is 0 Å². The maximum absolute atomic E-state index is 12.2. The van der Waals surface area contributed by atoms with Crippen molar-refractivity contribution in [3.8, 4) is 0 Å². The Labute approximate surface area is 126 Å². The van der Waals surface area contributed by atoms with Crippen molar-refractivity contribution >= 4 is 11.9 Å². The van der Waals surface area contributed by atoms with E-state index in [-0.39, 0.29) is 11.8 Å². The second-order valence-corrected chi connectivity index (χ2v) is 5.82. The first-order valence-electron chi connectivity index (χ1n) is 7.51. The van der Waals surface area contributed by atoms with Crippen LogP contribution in [0.3, 0.4) is 0 Å². The molecule has 1 amide bonds. The first-order valence-corrected chi connectivity index (χ1v) is 7.51. The molecule has 2 N–H and O–H groups in total. The van der Waals surface area contributed by atoms with Crippen LogP contribution in [0, 0.1) is 11.8 Å². The number of rotatable bonds is 8. The Morgan fingerprint density at radius 2 is 1.81 bits per heavy atom. The van der Waals surface area contributed by atoms with Crippen LogP contribution < -0.4 is 5.32 Å². The van der Waals surface area contributed by atoms with Gasteiger partial charge in [-0.15, -0.1) is 0 Å². The summed E-state index contributed by atoms with van der Waals surface area (Å²) in [6.45, 7) is 6.09. The van der Waals surface area contributed by atoms with Crippen LogP contribution in [-0.2, 0) is 16.0 Å². The van der Waals surface area contributed by atoms with Crippen LogP contribution in [0.5, 0.6) is 0 Å². The van der Waals surface area contributed by atoms with Crippen molar-refractivity contribution in [3.63, 3.8) is 0 Å². The van der Waals surface area contributed by atoms with Crippen LogP contribution in [-0.4, -0.2) is 23.0 Å². The Morgan fingerprint density at radius 3 is 2.29 bits per heavy atom. The van der Waals surface area contributed by atoms with E-state index < -0.39 is 12.0 Å². The van der Waals surface area contributed by atoms with E-state index in [1.807, 2.05) is 37.3 Å². The summed E-state index contributed by atoms with van der Waals surface area (Å²) in [7, 11) is 0. The van der Waals surface area contributed by atoms with Crippen molar-refractivity contribution in [2.24, 2.45) is 11.8 Å². The Kier molecular flexibility index (Phi) is 6.92. The lowest BCUT2D eigenvalue weighted by Crippen LogP contribution is -2.45. The average Bonchev–Trinajstić information content (AvgIpc) is 2.44. The third-order valence-corrected chi connectivity index (χ3v) is 3.52. The topological polar surface area (TPSA) is 66.4 Å². The molecule has 0 aliphatic rings. The van der Waals surface area contributed by atoms with Crippen molar-refractivity contribution in [1.82, 2.24) is 5.32 Å². The molecule has 0 aromatic heterocycles. The normalized spacial score (nSPS) is 13.7. The van der Waals surface area contributed by atoms with Crippen molar-refractivity contribution in [1.29, 1.82) is 0 Å². The minimum atomic E-state index is -0.994. The van der Waals surface area contributed by atoms with E-state index in [1.54, 1.807) is 0 Å². The number of carboxylic acids is 1. The lowest BCUT2D eigenvalue weighted by Gasteiger charge is -2.20. The fourth-order valence-corrected chi connectivity index (χ4v) is 2.37. The molecule has 0 saturated heterocycles. The molecule has 0 aliphatic carbocycles. The van der Waals surface area contributed by atoms with Crippen LogP contribution in [0.15, 0.2) is 30.3 Å². The molecule has 0 fully saturated rings. The highest BCUT2D eigenvalue weighted by Gasteiger charge is 2.25. The SMILES string of the molecule is CCC(CC(C)C)C(=O)N[C@@H](Cc1ccccc1)C(=O)O. The first-order chi connectivity index (χ1) is 9.93. The van der Waals surface area contributed by atoms with Gasteiger partial charge in [0, 0.05) is 12.3 Å². The maximum Gasteiger partial charge on any atom is 0.326 e. The predicted octanol–water partition coefficient (Wildman–Crippen LogP) is 2.87. The zero-order valence-electron chi connectivity index (χ0n) is 13.0. The quantitative estimate of drug-likeness (QED) is 0.774. The summed E-state index contributed by atoms with van der Waals surface area (Å²) in [5.41, 5.74) is 0.905. The summed E-state index contributed by atoms with van der Waals surface area (Å²) in [5.74, 6) is -0.859. The Morgan fingerprint density at radius 1 is 1.19 bits per heavy atom. The zero-order chi connectivity index (χ0) is 15.8. The molecule has 21 heavy (non-hydrogen) atoms. The lowest BCUT2D eigenvalue weighted by atomic mass is 9.93. The minimum Gasteiger partial charge on any atom is -0.480 e. The van der Waals surface area contributed by atoms with Crippen LogP contribution in [0.4, 0.5) is 0 Å². The van der Waals surface area contributed by atoms with Gasteiger partial charge in [-0.1, -0.05) is 51.1 Å². The number of amides is 1. The van der Waals surface area contributed by atoms with Crippen LogP contribution in [0.2, 0.25) is 0 Å². The highest BCUT2D eigenvalue weighted by molar-refractivity contribution is 5.85. The number of aliphatic carboxylic acids is 1. The first kappa shape index (κ1) is 17.2. The number of carbonyl (C=O) groups excluding carboxylic acids is 1. The third-order valence-electron chi connectivity index (χ3n) is 3.52. The minimum absolute atomic E-state index is 0.123. The average molecular weight is 291 g/mol. The molecule has 1 aromatic rings.